The van der Waals surface area contributed by atoms with Crippen molar-refractivity contribution in [2.45, 2.75) is 11.3 Å². The summed E-state index contributed by atoms with van der Waals surface area (Å²) >= 11 is 7.57. The van der Waals surface area contributed by atoms with Crippen LogP contribution in [0.25, 0.3) is 0 Å². The molecule has 2 atom stereocenters. The zero-order chi connectivity index (χ0) is 21.3. The van der Waals surface area contributed by atoms with Gasteiger partial charge in [-0.25, -0.2) is 8.42 Å². The molecule has 10 heteroatoms. The number of benzene rings is 2. The molecule has 30 heavy (non-hydrogen) atoms. The molecule has 2 aromatic rings. The van der Waals surface area contributed by atoms with Crippen LogP contribution in [0.4, 0.5) is 5.69 Å². The van der Waals surface area contributed by atoms with Crippen LogP contribution in [0.15, 0.2) is 53.5 Å². The number of carbonyl (C=O) groups is 1. The van der Waals surface area contributed by atoms with E-state index >= 15 is 0 Å². The Bertz CT molecular complexity index is 1090. The van der Waals surface area contributed by atoms with Crippen LogP contribution in [0, 0.1) is 0 Å². The lowest BCUT2D eigenvalue weighted by molar-refractivity contribution is -0.119. The first kappa shape index (κ1) is 21.0. The number of fused-ring (bicyclic) bond motifs is 1. The predicted octanol–water partition coefficient (Wildman–Crippen LogP) is 3.03. The van der Waals surface area contributed by atoms with Crippen LogP contribution in [0.5, 0.6) is 11.5 Å². The smallest absolute Gasteiger partial charge is 0.285 e. The van der Waals surface area contributed by atoms with E-state index in [-0.39, 0.29) is 29.4 Å². The van der Waals surface area contributed by atoms with Gasteiger partial charge in [-0.2, -0.15) is 4.99 Å². The van der Waals surface area contributed by atoms with Gasteiger partial charge in [-0.05, 0) is 30.3 Å². The Morgan fingerprint density at radius 3 is 2.70 bits per heavy atom. The van der Waals surface area contributed by atoms with E-state index in [4.69, 9.17) is 21.1 Å². The molecule has 2 unspecified atom stereocenters. The maximum atomic E-state index is 12.4. The minimum Gasteiger partial charge on any atom is -0.495 e. The number of nitrogens with zero attached hydrogens (tertiary/aromatic N) is 2. The fraction of sp³-hybridized carbons (Fsp3) is 0.300. The van der Waals surface area contributed by atoms with Crippen molar-refractivity contribution in [2.75, 3.05) is 30.1 Å². The molecule has 0 spiro atoms. The maximum absolute atomic E-state index is 12.4. The molecule has 7 nitrogen and oxygen atoms in total. The summed E-state index contributed by atoms with van der Waals surface area (Å²) in [4.78, 5) is 18.5. The van der Waals surface area contributed by atoms with Crippen LogP contribution in [-0.4, -0.2) is 56.0 Å². The van der Waals surface area contributed by atoms with Crippen LogP contribution in [0.1, 0.15) is 0 Å². The first-order valence-corrected chi connectivity index (χ1v) is 12.2. The topological polar surface area (TPSA) is 85.3 Å². The van der Waals surface area contributed by atoms with Gasteiger partial charge in [0.1, 0.15) is 11.5 Å². The zero-order valence-corrected chi connectivity index (χ0v) is 18.4. The molecule has 2 aliphatic rings. The molecule has 0 bridgehead atoms. The molecule has 0 aliphatic carbocycles. The molecule has 2 heterocycles. The lowest BCUT2D eigenvalue weighted by atomic mass is 10.2. The summed E-state index contributed by atoms with van der Waals surface area (Å²) in [6, 6.07) is 13.9. The molecule has 0 aromatic heterocycles. The maximum Gasteiger partial charge on any atom is 0.285 e. The van der Waals surface area contributed by atoms with E-state index in [0.29, 0.717) is 27.4 Å². The number of anilines is 1. The van der Waals surface area contributed by atoms with Crippen molar-refractivity contribution < 1.29 is 22.7 Å². The monoisotopic (exact) mass is 466 g/mol. The molecule has 4 rings (SSSR count). The summed E-state index contributed by atoms with van der Waals surface area (Å²) in [7, 11) is -1.63. The number of amides is 1. The molecule has 1 amide bonds. The second-order valence-electron chi connectivity index (χ2n) is 6.88. The third kappa shape index (κ3) is 4.43. The number of methoxy groups -OCH3 is 1. The van der Waals surface area contributed by atoms with E-state index in [2.05, 4.69) is 4.99 Å². The number of para-hydroxylation sites is 1. The number of sulfone groups is 1. The molecule has 2 fully saturated rings. The summed E-state index contributed by atoms with van der Waals surface area (Å²) in [5, 5.41) is 0.641. The first-order chi connectivity index (χ1) is 14.4. The Kier molecular flexibility index (Phi) is 5.95. The molecule has 0 radical (unpaired) electrons. The lowest BCUT2D eigenvalue weighted by Crippen LogP contribution is -2.37. The van der Waals surface area contributed by atoms with Crippen molar-refractivity contribution in [1.82, 2.24) is 0 Å². The second kappa shape index (κ2) is 8.49. The van der Waals surface area contributed by atoms with Gasteiger partial charge >= 0.3 is 0 Å². The standard InChI is InChI=1S/C20H19ClN2O5S2/c1-27-17-8-7-13(9-15(17)21)23-16-11-30(25,26)12-18(16)29-20(23)22-19(24)10-28-14-5-3-2-4-6-14/h2-9,16,18H,10-12H2,1H3. The molecule has 0 N–H and O–H groups in total. The van der Waals surface area contributed by atoms with Crippen molar-refractivity contribution in [3.8, 4) is 11.5 Å². The highest BCUT2D eigenvalue weighted by atomic mass is 35.5. The van der Waals surface area contributed by atoms with Crippen molar-refractivity contribution in [2.24, 2.45) is 4.99 Å². The molecule has 2 aromatic carbocycles. The number of halogens is 1. The summed E-state index contributed by atoms with van der Waals surface area (Å²) < 4.78 is 35.0. The van der Waals surface area contributed by atoms with Crippen LogP contribution in [0.3, 0.4) is 0 Å². The van der Waals surface area contributed by atoms with Gasteiger partial charge < -0.3 is 14.4 Å². The number of amidine groups is 1. The number of hydrogen-bond donors (Lipinski definition) is 0. The van der Waals surface area contributed by atoms with Gasteiger partial charge in [0.2, 0.25) is 0 Å². The Morgan fingerprint density at radius 1 is 1.23 bits per heavy atom. The third-order valence-corrected chi connectivity index (χ3v) is 8.31. The number of aliphatic imine (C=N–C) groups is 1. The Morgan fingerprint density at radius 2 is 2.00 bits per heavy atom. The Balaban J connectivity index is 1.60. The van der Waals surface area contributed by atoms with Crippen LogP contribution < -0.4 is 14.4 Å². The number of carbonyl (C=O) groups excluding carboxylic acids is 1. The Labute approximate surface area is 183 Å². The van der Waals surface area contributed by atoms with E-state index in [0.717, 1.165) is 0 Å². The van der Waals surface area contributed by atoms with E-state index in [9.17, 15) is 13.2 Å². The number of ether oxygens (including phenoxy) is 2. The molecule has 0 saturated carbocycles. The van der Waals surface area contributed by atoms with E-state index in [1.165, 1.54) is 18.9 Å². The summed E-state index contributed by atoms with van der Waals surface area (Å²) in [6.45, 7) is -0.209. The van der Waals surface area contributed by atoms with Crippen molar-refractivity contribution in [1.29, 1.82) is 0 Å². The first-order valence-electron chi connectivity index (χ1n) is 9.15. The average molecular weight is 467 g/mol. The molecule has 2 saturated heterocycles. The summed E-state index contributed by atoms with van der Waals surface area (Å²) in [5.74, 6) is 0.688. The Hall–Kier alpha value is -2.23. The van der Waals surface area contributed by atoms with Gasteiger partial charge in [0, 0.05) is 10.9 Å². The largest absolute Gasteiger partial charge is 0.495 e. The third-order valence-electron chi connectivity index (χ3n) is 4.81. The van der Waals surface area contributed by atoms with Gasteiger partial charge in [-0.1, -0.05) is 41.6 Å². The molecular formula is C20H19ClN2O5S2. The molecular weight excluding hydrogens is 448 g/mol. The highest BCUT2D eigenvalue weighted by Gasteiger charge is 2.49. The lowest BCUT2D eigenvalue weighted by Gasteiger charge is -2.25. The van der Waals surface area contributed by atoms with E-state index in [1.807, 2.05) is 18.2 Å². The normalized spacial score (nSPS) is 23.4. The second-order valence-corrected chi connectivity index (χ2v) is 10.6. The summed E-state index contributed by atoms with van der Waals surface area (Å²) in [6.07, 6.45) is 0. The highest BCUT2D eigenvalue weighted by molar-refractivity contribution is 8.16. The van der Waals surface area contributed by atoms with Crippen molar-refractivity contribution >= 4 is 50.0 Å². The van der Waals surface area contributed by atoms with Crippen LogP contribution >= 0.6 is 23.4 Å². The fourth-order valence-electron chi connectivity index (χ4n) is 3.47. The minimum atomic E-state index is -3.15. The predicted molar refractivity (Wildman–Crippen MR) is 119 cm³/mol. The average Bonchev–Trinajstić information content (AvgIpc) is 3.17. The number of thioether (sulfide) groups is 1. The fourth-order valence-corrected chi connectivity index (χ4v) is 7.66. The van der Waals surface area contributed by atoms with Gasteiger partial charge in [0.25, 0.3) is 5.91 Å². The van der Waals surface area contributed by atoms with Crippen LogP contribution in [-0.2, 0) is 14.6 Å². The van der Waals surface area contributed by atoms with Gasteiger partial charge in [0.15, 0.2) is 21.6 Å². The van der Waals surface area contributed by atoms with Gasteiger partial charge in [-0.15, -0.1) is 0 Å². The SMILES string of the molecule is COc1ccc(N2C(=NC(=O)COc3ccccc3)SC3CS(=O)(=O)CC32)cc1Cl. The quantitative estimate of drug-likeness (QED) is 0.669. The highest BCUT2D eigenvalue weighted by Crippen LogP contribution is 2.42. The van der Waals surface area contributed by atoms with E-state index in [1.54, 1.807) is 35.2 Å². The number of rotatable bonds is 5. The summed E-state index contributed by atoms with van der Waals surface area (Å²) in [5.41, 5.74) is 0.661. The van der Waals surface area contributed by atoms with Crippen molar-refractivity contribution in [3.63, 3.8) is 0 Å². The van der Waals surface area contributed by atoms with Crippen molar-refractivity contribution in [3.05, 3.63) is 53.6 Å². The zero-order valence-electron chi connectivity index (χ0n) is 16.0. The minimum absolute atomic E-state index is 0.00202. The van der Waals surface area contributed by atoms with Gasteiger partial charge in [-0.3, -0.25) is 4.79 Å². The molecule has 158 valence electrons. The van der Waals surface area contributed by atoms with E-state index < -0.39 is 15.7 Å². The molecule has 2 aliphatic heterocycles. The van der Waals surface area contributed by atoms with Crippen LogP contribution in [0.2, 0.25) is 5.02 Å². The number of hydrogen-bond acceptors (Lipinski definition) is 6. The van der Waals surface area contributed by atoms with Gasteiger partial charge in [0.05, 0.1) is 29.7 Å².